The second-order valence-corrected chi connectivity index (χ2v) is 4.72. The summed E-state index contributed by atoms with van der Waals surface area (Å²) in [5.74, 6) is 0.370. The molecule has 0 aliphatic rings. The van der Waals surface area contributed by atoms with Gasteiger partial charge in [-0.15, -0.1) is 0 Å². The van der Waals surface area contributed by atoms with Gasteiger partial charge in [-0.05, 0) is 29.7 Å². The molecule has 0 saturated carbocycles. The molecule has 2 heteroatoms. The molecule has 1 nitrogen and oxygen atoms in total. The third-order valence-electron chi connectivity index (χ3n) is 3.02. The molecule has 0 heterocycles. The predicted octanol–water partition coefficient (Wildman–Crippen LogP) is 4.56. The number of rotatable bonds is 4. The molecule has 94 valence electrons. The summed E-state index contributed by atoms with van der Waals surface area (Å²) in [6, 6.07) is 15.1. The van der Waals surface area contributed by atoms with Crippen molar-refractivity contribution in [3.05, 3.63) is 65.5 Å². The number of anilines is 1. The SMILES string of the molecule is CC(C)c1ccc(NCc2ccccc2F)cc1. The number of hydrogen-bond acceptors (Lipinski definition) is 1. The summed E-state index contributed by atoms with van der Waals surface area (Å²) in [5.41, 5.74) is 3.01. The molecule has 0 amide bonds. The van der Waals surface area contributed by atoms with Crippen molar-refractivity contribution in [1.29, 1.82) is 0 Å². The lowest BCUT2D eigenvalue weighted by atomic mass is 10.0. The number of halogens is 1. The van der Waals surface area contributed by atoms with E-state index in [1.165, 1.54) is 11.6 Å². The van der Waals surface area contributed by atoms with Crippen LogP contribution in [0.5, 0.6) is 0 Å². The maximum absolute atomic E-state index is 13.4. The van der Waals surface area contributed by atoms with Gasteiger partial charge < -0.3 is 5.32 Å². The van der Waals surface area contributed by atoms with Crippen LogP contribution in [0.25, 0.3) is 0 Å². The van der Waals surface area contributed by atoms with Gasteiger partial charge in [-0.3, -0.25) is 0 Å². The van der Waals surface area contributed by atoms with E-state index in [-0.39, 0.29) is 5.82 Å². The highest BCUT2D eigenvalue weighted by Crippen LogP contribution is 2.18. The summed E-state index contributed by atoms with van der Waals surface area (Å²) in [4.78, 5) is 0. The van der Waals surface area contributed by atoms with E-state index < -0.39 is 0 Å². The summed E-state index contributed by atoms with van der Waals surface area (Å²) in [6.07, 6.45) is 0. The molecule has 2 aromatic carbocycles. The lowest BCUT2D eigenvalue weighted by molar-refractivity contribution is 0.613. The highest BCUT2D eigenvalue weighted by Gasteiger charge is 2.01. The van der Waals surface area contributed by atoms with Crippen LogP contribution in [0.4, 0.5) is 10.1 Å². The molecule has 18 heavy (non-hydrogen) atoms. The summed E-state index contributed by atoms with van der Waals surface area (Å²) in [6.45, 7) is 4.84. The molecule has 2 aromatic rings. The van der Waals surface area contributed by atoms with E-state index in [1.807, 2.05) is 18.2 Å². The number of benzene rings is 2. The van der Waals surface area contributed by atoms with Gasteiger partial charge in [0, 0.05) is 17.8 Å². The van der Waals surface area contributed by atoms with Gasteiger partial charge in [0.05, 0.1) is 0 Å². The van der Waals surface area contributed by atoms with E-state index in [0.717, 1.165) is 5.69 Å². The molecule has 2 rings (SSSR count). The molecule has 0 aromatic heterocycles. The first kappa shape index (κ1) is 12.6. The zero-order chi connectivity index (χ0) is 13.0. The Labute approximate surface area is 108 Å². The Morgan fingerprint density at radius 3 is 2.28 bits per heavy atom. The molecule has 0 fully saturated rings. The van der Waals surface area contributed by atoms with Crippen molar-refractivity contribution >= 4 is 5.69 Å². The van der Waals surface area contributed by atoms with Gasteiger partial charge in [0.15, 0.2) is 0 Å². The van der Waals surface area contributed by atoms with E-state index in [0.29, 0.717) is 18.0 Å². The summed E-state index contributed by atoms with van der Waals surface area (Å²) < 4.78 is 13.4. The first-order valence-electron chi connectivity index (χ1n) is 6.24. The maximum Gasteiger partial charge on any atom is 0.128 e. The van der Waals surface area contributed by atoms with Crippen molar-refractivity contribution in [3.63, 3.8) is 0 Å². The Kier molecular flexibility index (Phi) is 3.98. The maximum atomic E-state index is 13.4. The second-order valence-electron chi connectivity index (χ2n) is 4.72. The van der Waals surface area contributed by atoms with Crippen molar-refractivity contribution in [2.24, 2.45) is 0 Å². The zero-order valence-corrected chi connectivity index (χ0v) is 10.8. The quantitative estimate of drug-likeness (QED) is 0.830. The Morgan fingerprint density at radius 2 is 1.67 bits per heavy atom. The Balaban J connectivity index is 2.00. The van der Waals surface area contributed by atoms with Gasteiger partial charge in [0.2, 0.25) is 0 Å². The van der Waals surface area contributed by atoms with E-state index >= 15 is 0 Å². The van der Waals surface area contributed by atoms with Gasteiger partial charge in [0.1, 0.15) is 5.82 Å². The molecular weight excluding hydrogens is 225 g/mol. The van der Waals surface area contributed by atoms with E-state index in [4.69, 9.17) is 0 Å². The Morgan fingerprint density at radius 1 is 1.00 bits per heavy atom. The van der Waals surface area contributed by atoms with Crippen LogP contribution in [-0.2, 0) is 6.54 Å². The van der Waals surface area contributed by atoms with E-state index in [9.17, 15) is 4.39 Å². The van der Waals surface area contributed by atoms with E-state index in [1.54, 1.807) is 12.1 Å². The van der Waals surface area contributed by atoms with Crippen LogP contribution < -0.4 is 5.32 Å². The van der Waals surface area contributed by atoms with Crippen LogP contribution in [0.1, 0.15) is 30.9 Å². The Bertz CT molecular complexity index is 503. The lowest BCUT2D eigenvalue weighted by Gasteiger charge is -2.09. The van der Waals surface area contributed by atoms with Crippen molar-refractivity contribution < 1.29 is 4.39 Å². The standard InChI is InChI=1S/C16H18FN/c1-12(2)13-7-9-15(10-8-13)18-11-14-5-3-4-6-16(14)17/h3-10,12,18H,11H2,1-2H3. The first-order valence-corrected chi connectivity index (χ1v) is 6.24. The normalized spacial score (nSPS) is 10.7. The smallest absolute Gasteiger partial charge is 0.128 e. The van der Waals surface area contributed by atoms with Gasteiger partial charge >= 0.3 is 0 Å². The van der Waals surface area contributed by atoms with Gasteiger partial charge in [0.25, 0.3) is 0 Å². The molecular formula is C16H18FN. The first-order chi connectivity index (χ1) is 8.66. The highest BCUT2D eigenvalue weighted by atomic mass is 19.1. The topological polar surface area (TPSA) is 12.0 Å². The minimum Gasteiger partial charge on any atom is -0.381 e. The third kappa shape index (κ3) is 3.10. The lowest BCUT2D eigenvalue weighted by Crippen LogP contribution is -2.01. The van der Waals surface area contributed by atoms with Crippen molar-refractivity contribution in [2.45, 2.75) is 26.3 Å². The fourth-order valence-electron chi connectivity index (χ4n) is 1.82. The van der Waals surface area contributed by atoms with Crippen LogP contribution in [0.2, 0.25) is 0 Å². The molecule has 0 aliphatic carbocycles. The molecule has 0 atom stereocenters. The number of hydrogen-bond donors (Lipinski definition) is 1. The van der Waals surface area contributed by atoms with Crippen LogP contribution in [0.15, 0.2) is 48.5 Å². The fraction of sp³-hybridized carbons (Fsp3) is 0.250. The van der Waals surface area contributed by atoms with Crippen LogP contribution in [0.3, 0.4) is 0 Å². The molecule has 0 saturated heterocycles. The minimum atomic E-state index is -0.163. The highest BCUT2D eigenvalue weighted by molar-refractivity contribution is 5.45. The average molecular weight is 243 g/mol. The van der Waals surface area contributed by atoms with Crippen LogP contribution in [-0.4, -0.2) is 0 Å². The molecule has 0 unspecified atom stereocenters. The van der Waals surface area contributed by atoms with Crippen LogP contribution in [0, 0.1) is 5.82 Å². The van der Waals surface area contributed by atoms with Crippen molar-refractivity contribution in [1.82, 2.24) is 0 Å². The number of nitrogens with one attached hydrogen (secondary N) is 1. The molecule has 0 spiro atoms. The van der Waals surface area contributed by atoms with Crippen LogP contribution >= 0.6 is 0 Å². The average Bonchev–Trinajstić information content (AvgIpc) is 2.38. The van der Waals surface area contributed by atoms with E-state index in [2.05, 4.69) is 31.3 Å². The summed E-state index contributed by atoms with van der Waals surface area (Å²) >= 11 is 0. The fourth-order valence-corrected chi connectivity index (χ4v) is 1.82. The predicted molar refractivity (Wildman–Crippen MR) is 74.3 cm³/mol. The Hall–Kier alpha value is -1.83. The van der Waals surface area contributed by atoms with Crippen molar-refractivity contribution in [2.75, 3.05) is 5.32 Å². The molecule has 1 N–H and O–H groups in total. The minimum absolute atomic E-state index is 0.163. The van der Waals surface area contributed by atoms with Gasteiger partial charge in [-0.2, -0.15) is 0 Å². The summed E-state index contributed by atoms with van der Waals surface area (Å²) in [7, 11) is 0. The third-order valence-corrected chi connectivity index (χ3v) is 3.02. The van der Waals surface area contributed by atoms with Gasteiger partial charge in [-0.25, -0.2) is 4.39 Å². The monoisotopic (exact) mass is 243 g/mol. The zero-order valence-electron chi connectivity index (χ0n) is 10.8. The van der Waals surface area contributed by atoms with Gasteiger partial charge in [-0.1, -0.05) is 44.2 Å². The molecule has 0 radical (unpaired) electrons. The second kappa shape index (κ2) is 5.67. The molecule has 0 aliphatic heterocycles. The largest absolute Gasteiger partial charge is 0.381 e. The summed E-state index contributed by atoms with van der Waals surface area (Å²) in [5, 5.41) is 3.23. The van der Waals surface area contributed by atoms with Crippen molar-refractivity contribution in [3.8, 4) is 0 Å². The molecule has 0 bridgehead atoms.